The van der Waals surface area contributed by atoms with Gasteiger partial charge in [-0.3, -0.25) is 0 Å². The van der Waals surface area contributed by atoms with E-state index in [1.165, 1.54) is 12.1 Å². The number of hydrogen-bond acceptors (Lipinski definition) is 2. The summed E-state index contributed by atoms with van der Waals surface area (Å²) >= 11 is 0. The molecule has 9 aromatic rings. The van der Waals surface area contributed by atoms with Crippen LogP contribution in [0.3, 0.4) is 0 Å². The fourth-order valence-corrected chi connectivity index (χ4v) is 9.07. The zero-order valence-corrected chi connectivity index (χ0v) is 33.9. The van der Waals surface area contributed by atoms with Gasteiger partial charge in [0.05, 0.1) is 0 Å². The second-order valence-electron chi connectivity index (χ2n) is 15.8. The normalized spacial score (nSPS) is 14.2. The van der Waals surface area contributed by atoms with Crippen LogP contribution in [0.25, 0.3) is 55.6 Å². The van der Waals surface area contributed by atoms with E-state index < -0.39 is 11.8 Å². The van der Waals surface area contributed by atoms with Crippen LogP contribution in [-0.4, -0.2) is 6.36 Å². The monoisotopic (exact) mass is 811 g/mol. The van der Waals surface area contributed by atoms with Crippen molar-refractivity contribution >= 4 is 17.1 Å². The summed E-state index contributed by atoms with van der Waals surface area (Å²) in [7, 11) is 0. The lowest BCUT2D eigenvalue weighted by molar-refractivity contribution is -0.274. The van der Waals surface area contributed by atoms with Crippen molar-refractivity contribution in [1.29, 1.82) is 0 Å². The first-order valence-electron chi connectivity index (χ1n) is 20.6. The zero-order valence-electron chi connectivity index (χ0n) is 33.9. The summed E-state index contributed by atoms with van der Waals surface area (Å²) in [5.41, 5.74) is 15.5. The molecule has 0 aliphatic heterocycles. The Morgan fingerprint density at radius 2 is 0.871 bits per heavy atom. The molecule has 0 aromatic heterocycles. The van der Waals surface area contributed by atoms with Crippen LogP contribution in [0.2, 0.25) is 0 Å². The molecule has 9 aromatic carbocycles. The first-order chi connectivity index (χ1) is 30.2. The second-order valence-corrected chi connectivity index (χ2v) is 15.8. The van der Waals surface area contributed by atoms with Crippen molar-refractivity contribution in [3.05, 3.63) is 241 Å². The average molecular weight is 812 g/mol. The van der Waals surface area contributed by atoms with Gasteiger partial charge < -0.3 is 9.64 Å². The third kappa shape index (κ3) is 7.22. The van der Waals surface area contributed by atoms with Crippen molar-refractivity contribution in [2.45, 2.75) is 18.7 Å². The lowest BCUT2D eigenvalue weighted by Gasteiger charge is -2.31. The minimum atomic E-state index is -4.83. The van der Waals surface area contributed by atoms with Gasteiger partial charge in [0.2, 0.25) is 0 Å². The Kier molecular flexibility index (Phi) is 9.80. The molecule has 1 aliphatic carbocycles. The molecule has 0 spiro atoms. The molecule has 1 unspecified atom stereocenters. The molecule has 0 fully saturated rings. The van der Waals surface area contributed by atoms with E-state index in [2.05, 4.69) is 162 Å². The first kappa shape index (κ1) is 38.6. The summed E-state index contributed by atoms with van der Waals surface area (Å²) in [5.74, 6) is -0.257. The molecule has 0 heterocycles. The molecule has 0 saturated carbocycles. The van der Waals surface area contributed by atoms with Crippen LogP contribution >= 0.6 is 0 Å². The predicted octanol–water partition coefficient (Wildman–Crippen LogP) is 16.1. The number of alkyl halides is 3. The topological polar surface area (TPSA) is 12.5 Å². The van der Waals surface area contributed by atoms with Gasteiger partial charge in [-0.2, -0.15) is 0 Å². The second kappa shape index (κ2) is 15.8. The van der Waals surface area contributed by atoms with Crippen LogP contribution < -0.4 is 9.64 Å². The Hall–Kier alpha value is -7.63. The maximum Gasteiger partial charge on any atom is 0.573 e. The summed E-state index contributed by atoms with van der Waals surface area (Å²) in [6, 6.07) is 75.9. The van der Waals surface area contributed by atoms with Crippen LogP contribution in [0.5, 0.6) is 5.75 Å². The number of halogens is 3. The molecule has 0 N–H and O–H groups in total. The van der Waals surface area contributed by atoms with Crippen LogP contribution in [-0.2, 0) is 5.41 Å². The van der Waals surface area contributed by atoms with Crippen molar-refractivity contribution in [2.75, 3.05) is 4.90 Å². The van der Waals surface area contributed by atoms with E-state index in [1.807, 2.05) is 60.7 Å². The highest BCUT2D eigenvalue weighted by molar-refractivity contribution is 5.96. The predicted molar refractivity (Wildman–Crippen MR) is 247 cm³/mol. The molecule has 10 rings (SSSR count). The molecule has 1 aliphatic rings. The van der Waals surface area contributed by atoms with Gasteiger partial charge >= 0.3 is 6.36 Å². The minimum Gasteiger partial charge on any atom is -0.406 e. The van der Waals surface area contributed by atoms with E-state index in [0.29, 0.717) is 5.56 Å². The van der Waals surface area contributed by atoms with Gasteiger partial charge in [0, 0.05) is 22.5 Å². The van der Waals surface area contributed by atoms with Crippen molar-refractivity contribution < 1.29 is 17.9 Å². The number of anilines is 3. The largest absolute Gasteiger partial charge is 0.573 e. The maximum atomic E-state index is 13.7. The van der Waals surface area contributed by atoms with Gasteiger partial charge in [-0.25, -0.2) is 0 Å². The van der Waals surface area contributed by atoms with E-state index >= 15 is 0 Å². The third-order valence-electron chi connectivity index (χ3n) is 12.1. The van der Waals surface area contributed by atoms with Gasteiger partial charge in [0.15, 0.2) is 0 Å². The quantitative estimate of drug-likeness (QED) is 0.144. The highest BCUT2D eigenvalue weighted by Crippen LogP contribution is 2.57. The first-order valence-corrected chi connectivity index (χ1v) is 20.6. The molecule has 0 radical (unpaired) electrons. The van der Waals surface area contributed by atoms with E-state index in [4.69, 9.17) is 0 Å². The van der Waals surface area contributed by atoms with Gasteiger partial charge in [0.1, 0.15) is 5.75 Å². The molecule has 0 saturated heterocycles. The van der Waals surface area contributed by atoms with Crippen LogP contribution in [0.1, 0.15) is 23.6 Å². The van der Waals surface area contributed by atoms with Gasteiger partial charge in [-0.15, -0.1) is 13.2 Å². The standard InChI is InChI=1S/C57H40F3NO/c1-56(46-22-12-23-50(37-46)62-57(58,59)60)53-25-13-24-51(45-21-11-20-44(36-45)41-18-9-4-10-19-41)55(53)52-35-34-49(38-54(52)56)61(47-30-26-42(27-31-47)39-14-5-2-6-15-39)48-32-28-43(29-33-48)40-16-7-3-8-17-40/h2-38H,1H3. The Morgan fingerprint density at radius 1 is 0.387 bits per heavy atom. The summed E-state index contributed by atoms with van der Waals surface area (Å²) in [6.45, 7) is 2.12. The smallest absolute Gasteiger partial charge is 0.406 e. The highest BCUT2D eigenvalue weighted by Gasteiger charge is 2.43. The number of benzene rings is 9. The van der Waals surface area contributed by atoms with Crippen molar-refractivity contribution in [2.24, 2.45) is 0 Å². The zero-order chi connectivity index (χ0) is 42.3. The molecule has 1 atom stereocenters. The molecule has 5 heteroatoms. The van der Waals surface area contributed by atoms with Crippen molar-refractivity contribution in [1.82, 2.24) is 0 Å². The molecule has 300 valence electrons. The van der Waals surface area contributed by atoms with Crippen LogP contribution in [0.4, 0.5) is 30.2 Å². The highest BCUT2D eigenvalue weighted by atomic mass is 19.4. The lowest BCUT2D eigenvalue weighted by atomic mass is 9.74. The Morgan fingerprint density at radius 3 is 1.45 bits per heavy atom. The molecule has 0 amide bonds. The molecule has 2 nitrogen and oxygen atoms in total. The average Bonchev–Trinajstić information content (AvgIpc) is 3.58. The van der Waals surface area contributed by atoms with Crippen LogP contribution in [0, 0.1) is 0 Å². The molecule has 62 heavy (non-hydrogen) atoms. The maximum absolute atomic E-state index is 13.7. The summed E-state index contributed by atoms with van der Waals surface area (Å²) < 4.78 is 45.6. The summed E-state index contributed by atoms with van der Waals surface area (Å²) in [5, 5.41) is 0. The summed E-state index contributed by atoms with van der Waals surface area (Å²) in [6.07, 6.45) is -4.83. The number of rotatable bonds is 9. The number of fused-ring (bicyclic) bond motifs is 3. The van der Waals surface area contributed by atoms with Crippen LogP contribution in [0.15, 0.2) is 224 Å². The third-order valence-corrected chi connectivity index (χ3v) is 12.1. The number of hydrogen-bond donors (Lipinski definition) is 0. The molecular formula is C57H40F3NO. The van der Waals surface area contributed by atoms with Crippen molar-refractivity contribution in [3.63, 3.8) is 0 Å². The fraction of sp³-hybridized carbons (Fsp3) is 0.0526. The Bertz CT molecular complexity index is 2940. The Labute approximate surface area is 359 Å². The van der Waals surface area contributed by atoms with Gasteiger partial charge in [-0.05, 0) is 134 Å². The molecular weight excluding hydrogens is 772 g/mol. The van der Waals surface area contributed by atoms with E-state index in [0.717, 1.165) is 83.8 Å². The van der Waals surface area contributed by atoms with E-state index in [9.17, 15) is 13.2 Å². The number of ether oxygens (including phenoxy) is 1. The van der Waals surface area contributed by atoms with Crippen molar-refractivity contribution in [3.8, 4) is 61.4 Å². The Balaban J connectivity index is 1.16. The molecule has 0 bridgehead atoms. The minimum absolute atomic E-state index is 0.257. The van der Waals surface area contributed by atoms with Gasteiger partial charge in [0.25, 0.3) is 0 Å². The summed E-state index contributed by atoms with van der Waals surface area (Å²) in [4.78, 5) is 2.25. The lowest BCUT2D eigenvalue weighted by Crippen LogP contribution is -2.24. The van der Waals surface area contributed by atoms with Gasteiger partial charge in [-0.1, -0.05) is 170 Å². The van der Waals surface area contributed by atoms with E-state index in [-0.39, 0.29) is 5.75 Å². The SMILES string of the molecule is CC1(c2cccc(OC(F)(F)F)c2)c2cc(N(c3ccc(-c4ccccc4)cc3)c3ccc(-c4ccccc4)cc3)ccc2-c2c(-c3cccc(-c4ccccc4)c3)cccc21. The number of nitrogens with zero attached hydrogens (tertiary/aromatic N) is 1. The van der Waals surface area contributed by atoms with E-state index in [1.54, 1.807) is 6.07 Å². The fourth-order valence-electron chi connectivity index (χ4n) is 9.07.